The first-order chi connectivity index (χ1) is 9.11. The number of likely N-dealkylation sites (N-methyl/N-ethyl adjacent to an activating group) is 1. The summed E-state index contributed by atoms with van der Waals surface area (Å²) in [6.07, 6.45) is 0. The van der Waals surface area contributed by atoms with Crippen molar-refractivity contribution in [1.82, 2.24) is 9.88 Å². The number of hydrogen-bond acceptors (Lipinski definition) is 6. The summed E-state index contributed by atoms with van der Waals surface area (Å²) in [5.74, 6) is -0.216. The van der Waals surface area contributed by atoms with Crippen molar-refractivity contribution in [3.63, 3.8) is 0 Å². The maximum Gasteiger partial charge on any atom is 0.326 e. The van der Waals surface area contributed by atoms with Gasteiger partial charge in [-0.3, -0.25) is 9.69 Å². The molecule has 1 atom stereocenters. The highest BCUT2D eigenvalue weighted by molar-refractivity contribution is 7.11. The van der Waals surface area contributed by atoms with E-state index in [1.807, 2.05) is 20.8 Å². The standard InChI is InChI=1S/C13H20N2O3S/c1-4-15-5-6-17-7-11(15)13(16)18-8-12-14-9(2)10(3)19-12/h11H,4-8H2,1-3H3/t11-/m1/s1. The van der Waals surface area contributed by atoms with E-state index in [2.05, 4.69) is 9.88 Å². The van der Waals surface area contributed by atoms with Gasteiger partial charge in [0.05, 0.1) is 18.9 Å². The quantitative estimate of drug-likeness (QED) is 0.785. The van der Waals surface area contributed by atoms with Gasteiger partial charge in [0.25, 0.3) is 0 Å². The van der Waals surface area contributed by atoms with Gasteiger partial charge in [0, 0.05) is 11.4 Å². The second-order valence-corrected chi connectivity index (χ2v) is 5.86. The molecule has 1 saturated heterocycles. The Kier molecular flexibility index (Phi) is 4.90. The molecule has 2 heterocycles. The van der Waals surface area contributed by atoms with Crippen molar-refractivity contribution in [2.75, 3.05) is 26.3 Å². The van der Waals surface area contributed by atoms with Crippen LogP contribution in [0.1, 0.15) is 22.5 Å². The molecule has 5 nitrogen and oxygen atoms in total. The van der Waals surface area contributed by atoms with Gasteiger partial charge >= 0.3 is 5.97 Å². The molecule has 6 heteroatoms. The van der Waals surface area contributed by atoms with Crippen molar-refractivity contribution in [3.8, 4) is 0 Å². The van der Waals surface area contributed by atoms with Gasteiger partial charge in [-0.15, -0.1) is 11.3 Å². The molecule has 0 aromatic carbocycles. The lowest BCUT2D eigenvalue weighted by Crippen LogP contribution is -2.50. The number of esters is 1. The molecule has 0 radical (unpaired) electrons. The van der Waals surface area contributed by atoms with Crippen LogP contribution >= 0.6 is 11.3 Å². The minimum atomic E-state index is -0.277. The third kappa shape index (κ3) is 3.52. The van der Waals surface area contributed by atoms with E-state index in [-0.39, 0.29) is 18.6 Å². The number of carbonyl (C=O) groups is 1. The topological polar surface area (TPSA) is 51.7 Å². The molecule has 1 aromatic rings. The summed E-state index contributed by atoms with van der Waals surface area (Å²) in [4.78, 5) is 19.7. The maximum absolute atomic E-state index is 12.1. The fraction of sp³-hybridized carbons (Fsp3) is 0.692. The number of aryl methyl sites for hydroxylation is 2. The van der Waals surface area contributed by atoms with E-state index in [1.165, 1.54) is 4.88 Å². The number of nitrogens with zero attached hydrogens (tertiary/aromatic N) is 2. The molecule has 0 spiro atoms. The molecule has 106 valence electrons. The number of rotatable bonds is 4. The van der Waals surface area contributed by atoms with Crippen molar-refractivity contribution in [2.45, 2.75) is 33.4 Å². The molecule has 1 aromatic heterocycles. The summed E-state index contributed by atoms with van der Waals surface area (Å²) in [5.41, 5.74) is 1.01. The molecule has 19 heavy (non-hydrogen) atoms. The van der Waals surface area contributed by atoms with Crippen molar-refractivity contribution in [1.29, 1.82) is 0 Å². The van der Waals surface area contributed by atoms with E-state index in [0.717, 1.165) is 23.8 Å². The van der Waals surface area contributed by atoms with E-state index in [1.54, 1.807) is 11.3 Å². The molecule has 0 saturated carbocycles. The largest absolute Gasteiger partial charge is 0.457 e. The van der Waals surface area contributed by atoms with Crippen LogP contribution < -0.4 is 0 Å². The first-order valence-electron chi connectivity index (χ1n) is 6.53. The average molecular weight is 284 g/mol. The Balaban J connectivity index is 1.89. The van der Waals surface area contributed by atoms with E-state index < -0.39 is 0 Å². The summed E-state index contributed by atoms with van der Waals surface area (Å²) in [6, 6.07) is -0.277. The lowest BCUT2D eigenvalue weighted by Gasteiger charge is -2.32. The van der Waals surface area contributed by atoms with Gasteiger partial charge in [-0.05, 0) is 20.4 Å². The van der Waals surface area contributed by atoms with Crippen LogP contribution in [0.15, 0.2) is 0 Å². The minimum absolute atomic E-state index is 0.216. The first kappa shape index (κ1) is 14.4. The van der Waals surface area contributed by atoms with Crippen molar-refractivity contribution in [2.24, 2.45) is 0 Å². The molecule has 2 rings (SSSR count). The van der Waals surface area contributed by atoms with E-state index >= 15 is 0 Å². The lowest BCUT2D eigenvalue weighted by molar-refractivity contribution is -0.157. The highest BCUT2D eigenvalue weighted by atomic mass is 32.1. The number of aromatic nitrogens is 1. The number of thiazole rings is 1. The average Bonchev–Trinajstić information content (AvgIpc) is 2.75. The normalized spacial score (nSPS) is 20.5. The Morgan fingerprint density at radius 1 is 1.58 bits per heavy atom. The van der Waals surface area contributed by atoms with Crippen LogP contribution in [0.25, 0.3) is 0 Å². The number of hydrogen-bond donors (Lipinski definition) is 0. The Morgan fingerprint density at radius 3 is 3.00 bits per heavy atom. The van der Waals surface area contributed by atoms with Gasteiger partial charge in [-0.1, -0.05) is 6.92 Å². The second-order valence-electron chi connectivity index (χ2n) is 4.58. The van der Waals surface area contributed by atoms with Crippen LogP contribution in [-0.4, -0.2) is 48.2 Å². The summed E-state index contributed by atoms with van der Waals surface area (Å²) < 4.78 is 10.7. The molecule has 1 fully saturated rings. The van der Waals surface area contributed by atoms with Crippen LogP contribution in [-0.2, 0) is 20.9 Å². The lowest BCUT2D eigenvalue weighted by atomic mass is 10.2. The summed E-state index contributed by atoms with van der Waals surface area (Å²) in [7, 11) is 0. The van der Waals surface area contributed by atoms with Gasteiger partial charge < -0.3 is 9.47 Å². The molecule has 0 unspecified atom stereocenters. The Labute approximate surface area is 117 Å². The zero-order chi connectivity index (χ0) is 13.8. The molecule has 0 amide bonds. The second kappa shape index (κ2) is 6.45. The van der Waals surface area contributed by atoms with Crippen molar-refractivity contribution >= 4 is 17.3 Å². The number of ether oxygens (including phenoxy) is 2. The highest BCUT2D eigenvalue weighted by Crippen LogP contribution is 2.18. The fourth-order valence-electron chi connectivity index (χ4n) is 2.06. The van der Waals surface area contributed by atoms with Crippen LogP contribution in [0, 0.1) is 13.8 Å². The summed E-state index contributed by atoms with van der Waals surface area (Å²) >= 11 is 1.58. The third-order valence-corrected chi connectivity index (χ3v) is 4.37. The molecular formula is C13H20N2O3S. The summed E-state index contributed by atoms with van der Waals surface area (Å²) in [5, 5.41) is 0.850. The van der Waals surface area contributed by atoms with Gasteiger partial charge in [-0.2, -0.15) is 0 Å². The third-order valence-electron chi connectivity index (χ3n) is 3.33. The number of carbonyl (C=O) groups excluding carboxylic acids is 1. The maximum atomic E-state index is 12.1. The SMILES string of the molecule is CCN1CCOC[C@@H]1C(=O)OCc1nc(C)c(C)s1. The molecule has 0 N–H and O–H groups in total. The minimum Gasteiger partial charge on any atom is -0.457 e. The van der Waals surface area contributed by atoms with E-state index in [4.69, 9.17) is 9.47 Å². The zero-order valence-electron chi connectivity index (χ0n) is 11.6. The van der Waals surface area contributed by atoms with Crippen LogP contribution in [0.4, 0.5) is 0 Å². The van der Waals surface area contributed by atoms with Gasteiger partial charge in [0.2, 0.25) is 0 Å². The van der Waals surface area contributed by atoms with Crippen molar-refractivity contribution in [3.05, 3.63) is 15.6 Å². The van der Waals surface area contributed by atoms with Gasteiger partial charge in [0.1, 0.15) is 17.7 Å². The Bertz CT molecular complexity index is 428. The molecule has 1 aliphatic rings. The van der Waals surface area contributed by atoms with E-state index in [9.17, 15) is 4.79 Å². The smallest absolute Gasteiger partial charge is 0.326 e. The molecule has 0 bridgehead atoms. The van der Waals surface area contributed by atoms with Crippen LogP contribution in [0.5, 0.6) is 0 Å². The fourth-order valence-corrected chi connectivity index (χ4v) is 2.91. The Hall–Kier alpha value is -0.980. The highest BCUT2D eigenvalue weighted by Gasteiger charge is 2.29. The predicted molar refractivity (Wildman–Crippen MR) is 73.2 cm³/mol. The van der Waals surface area contributed by atoms with Crippen LogP contribution in [0.2, 0.25) is 0 Å². The monoisotopic (exact) mass is 284 g/mol. The van der Waals surface area contributed by atoms with Gasteiger partial charge in [-0.25, -0.2) is 4.98 Å². The predicted octanol–water partition coefficient (Wildman–Crippen LogP) is 1.52. The van der Waals surface area contributed by atoms with Crippen molar-refractivity contribution < 1.29 is 14.3 Å². The Morgan fingerprint density at radius 2 is 2.37 bits per heavy atom. The molecular weight excluding hydrogens is 264 g/mol. The van der Waals surface area contributed by atoms with E-state index in [0.29, 0.717) is 13.2 Å². The van der Waals surface area contributed by atoms with Crippen LogP contribution in [0.3, 0.4) is 0 Å². The van der Waals surface area contributed by atoms with Gasteiger partial charge in [0.15, 0.2) is 0 Å². The summed E-state index contributed by atoms with van der Waals surface area (Å²) in [6.45, 7) is 9.00. The number of morpholine rings is 1. The molecule has 0 aliphatic carbocycles. The zero-order valence-corrected chi connectivity index (χ0v) is 12.5. The molecule has 1 aliphatic heterocycles. The first-order valence-corrected chi connectivity index (χ1v) is 7.34.